The van der Waals surface area contributed by atoms with Crippen LogP contribution in [0.1, 0.15) is 213 Å². The molecule has 0 amide bonds. The van der Waals surface area contributed by atoms with Crippen LogP contribution in [-0.4, -0.2) is 18.5 Å². The Morgan fingerprint density at radius 1 is 0.435 bits per heavy atom. The van der Waals surface area contributed by atoms with Gasteiger partial charge in [0.05, 0.1) is 12.7 Å². The van der Waals surface area contributed by atoms with Crippen LogP contribution in [0.25, 0.3) is 0 Å². The molecule has 0 aromatic carbocycles. The first-order valence-electron chi connectivity index (χ1n) is 20.7. The molecule has 0 aliphatic carbocycles. The Hall–Kier alpha value is -1.12. The smallest absolute Gasteiger partial charge is 0.168 e. The zero-order valence-electron chi connectivity index (χ0n) is 31.4. The molecule has 1 aliphatic rings. The standard InChI is InChI=1S/C44H80O2/c1-4-7-10-12-14-16-18-20-22-24-26-28-30-32-34-37-40-44(45-42-43(46-44)39-36-9-6-3)41-38-35-33-31-29-27-25-23-21-19-17-15-13-11-8-5-2/h14-17,20-23,43H,4-13,18-19,24-42H2,1-3H3. The van der Waals surface area contributed by atoms with Crippen LogP contribution in [0.5, 0.6) is 0 Å². The molecule has 0 radical (unpaired) electrons. The summed E-state index contributed by atoms with van der Waals surface area (Å²) in [4.78, 5) is 0. The summed E-state index contributed by atoms with van der Waals surface area (Å²) in [5.41, 5.74) is 0. The highest BCUT2D eigenvalue weighted by Gasteiger charge is 2.40. The van der Waals surface area contributed by atoms with E-state index in [1.807, 2.05) is 0 Å². The van der Waals surface area contributed by atoms with Gasteiger partial charge in [0, 0.05) is 12.8 Å². The Balaban J connectivity index is 2.15. The van der Waals surface area contributed by atoms with Gasteiger partial charge < -0.3 is 9.47 Å². The topological polar surface area (TPSA) is 18.5 Å². The molecule has 0 bridgehead atoms. The van der Waals surface area contributed by atoms with E-state index in [-0.39, 0.29) is 5.79 Å². The van der Waals surface area contributed by atoms with Gasteiger partial charge in [0.1, 0.15) is 0 Å². The van der Waals surface area contributed by atoms with E-state index in [0.717, 1.165) is 32.3 Å². The van der Waals surface area contributed by atoms with Crippen molar-refractivity contribution in [1.82, 2.24) is 0 Å². The van der Waals surface area contributed by atoms with Crippen LogP contribution in [0.15, 0.2) is 48.6 Å². The zero-order valence-corrected chi connectivity index (χ0v) is 31.4. The lowest BCUT2D eigenvalue weighted by molar-refractivity contribution is -0.180. The fraction of sp³-hybridized carbons (Fsp3) is 0.818. The first kappa shape index (κ1) is 42.9. The molecule has 1 rings (SSSR count). The van der Waals surface area contributed by atoms with Gasteiger partial charge in [-0.15, -0.1) is 0 Å². The monoisotopic (exact) mass is 641 g/mol. The Bertz CT molecular complexity index is 684. The highest BCUT2D eigenvalue weighted by molar-refractivity contribution is 4.93. The van der Waals surface area contributed by atoms with Crippen LogP contribution in [0.3, 0.4) is 0 Å². The fourth-order valence-corrected chi connectivity index (χ4v) is 6.53. The van der Waals surface area contributed by atoms with Gasteiger partial charge in [0.2, 0.25) is 0 Å². The molecular formula is C44H80O2. The first-order chi connectivity index (χ1) is 22.8. The summed E-state index contributed by atoms with van der Waals surface area (Å²) in [6.07, 6.45) is 57.6. The second kappa shape index (κ2) is 33.8. The lowest BCUT2D eigenvalue weighted by Crippen LogP contribution is -2.31. The van der Waals surface area contributed by atoms with Crippen LogP contribution in [0.2, 0.25) is 0 Å². The number of rotatable bonds is 34. The number of ether oxygens (including phenoxy) is 2. The Kier molecular flexibility index (Phi) is 31.5. The van der Waals surface area contributed by atoms with Gasteiger partial charge in [-0.25, -0.2) is 0 Å². The molecule has 268 valence electrons. The third kappa shape index (κ3) is 26.9. The summed E-state index contributed by atoms with van der Waals surface area (Å²) in [5, 5.41) is 0. The molecule has 1 atom stereocenters. The van der Waals surface area contributed by atoms with Crippen molar-refractivity contribution in [2.24, 2.45) is 0 Å². The van der Waals surface area contributed by atoms with Crippen LogP contribution >= 0.6 is 0 Å². The van der Waals surface area contributed by atoms with Gasteiger partial charge in [-0.05, 0) is 83.5 Å². The molecule has 0 aromatic heterocycles. The maximum atomic E-state index is 6.70. The average molecular weight is 641 g/mol. The van der Waals surface area contributed by atoms with E-state index in [1.54, 1.807) is 0 Å². The van der Waals surface area contributed by atoms with Crippen molar-refractivity contribution in [3.05, 3.63) is 48.6 Å². The number of hydrogen-bond acceptors (Lipinski definition) is 2. The Morgan fingerprint density at radius 2 is 0.804 bits per heavy atom. The zero-order chi connectivity index (χ0) is 33.1. The predicted octanol–water partition coefficient (Wildman–Crippen LogP) is 15.1. The van der Waals surface area contributed by atoms with Crippen molar-refractivity contribution in [3.8, 4) is 0 Å². The van der Waals surface area contributed by atoms with Crippen LogP contribution in [0, 0.1) is 0 Å². The molecule has 2 heteroatoms. The van der Waals surface area contributed by atoms with Gasteiger partial charge in [-0.2, -0.15) is 0 Å². The summed E-state index contributed by atoms with van der Waals surface area (Å²) in [6, 6.07) is 0. The van der Waals surface area contributed by atoms with E-state index in [0.29, 0.717) is 6.10 Å². The quantitative estimate of drug-likeness (QED) is 0.0514. The van der Waals surface area contributed by atoms with Crippen LogP contribution < -0.4 is 0 Å². The third-order valence-electron chi connectivity index (χ3n) is 9.56. The summed E-state index contributed by atoms with van der Waals surface area (Å²) in [6.45, 7) is 7.64. The van der Waals surface area contributed by atoms with E-state index in [4.69, 9.17) is 9.47 Å². The summed E-state index contributed by atoms with van der Waals surface area (Å²) in [7, 11) is 0. The van der Waals surface area contributed by atoms with E-state index < -0.39 is 0 Å². The molecule has 0 spiro atoms. The Morgan fingerprint density at radius 3 is 1.24 bits per heavy atom. The van der Waals surface area contributed by atoms with Gasteiger partial charge >= 0.3 is 0 Å². The highest BCUT2D eigenvalue weighted by atomic mass is 16.7. The third-order valence-corrected chi connectivity index (χ3v) is 9.56. The van der Waals surface area contributed by atoms with Crippen molar-refractivity contribution >= 4 is 0 Å². The predicted molar refractivity (Wildman–Crippen MR) is 206 cm³/mol. The molecular weight excluding hydrogens is 560 g/mol. The fourth-order valence-electron chi connectivity index (χ4n) is 6.53. The molecule has 1 aliphatic heterocycles. The van der Waals surface area contributed by atoms with E-state index in [2.05, 4.69) is 69.4 Å². The van der Waals surface area contributed by atoms with Gasteiger partial charge in [-0.1, -0.05) is 166 Å². The minimum atomic E-state index is -0.290. The number of unbranched alkanes of at least 4 members (excludes halogenated alkanes) is 20. The average Bonchev–Trinajstić information content (AvgIpc) is 3.47. The van der Waals surface area contributed by atoms with Crippen molar-refractivity contribution in [1.29, 1.82) is 0 Å². The number of allylic oxidation sites excluding steroid dienone is 8. The summed E-state index contributed by atoms with van der Waals surface area (Å²) in [5.74, 6) is -0.290. The SMILES string of the molecule is CCCCCC=CCC=CCCCCCCCCC1(CCCCCCCCC=CCC=CCCCCC)OCC(CCCCC)O1. The van der Waals surface area contributed by atoms with Gasteiger partial charge in [-0.3, -0.25) is 0 Å². The van der Waals surface area contributed by atoms with E-state index >= 15 is 0 Å². The number of hydrogen-bond donors (Lipinski definition) is 0. The maximum absolute atomic E-state index is 6.70. The summed E-state index contributed by atoms with van der Waals surface area (Å²) < 4.78 is 13.2. The van der Waals surface area contributed by atoms with E-state index in [9.17, 15) is 0 Å². The minimum absolute atomic E-state index is 0.290. The second-order valence-electron chi connectivity index (χ2n) is 14.1. The molecule has 0 aromatic rings. The molecule has 2 nitrogen and oxygen atoms in total. The Labute approximate surface area is 289 Å². The van der Waals surface area contributed by atoms with Gasteiger partial charge in [0.15, 0.2) is 5.79 Å². The van der Waals surface area contributed by atoms with Crippen molar-refractivity contribution in [2.75, 3.05) is 6.61 Å². The molecule has 1 fully saturated rings. The minimum Gasteiger partial charge on any atom is -0.347 e. The normalized spacial score (nSPS) is 18.9. The second-order valence-corrected chi connectivity index (χ2v) is 14.1. The molecule has 1 saturated heterocycles. The van der Waals surface area contributed by atoms with Crippen molar-refractivity contribution < 1.29 is 9.47 Å². The molecule has 1 unspecified atom stereocenters. The van der Waals surface area contributed by atoms with Crippen LogP contribution in [-0.2, 0) is 9.47 Å². The maximum Gasteiger partial charge on any atom is 0.168 e. The summed E-state index contributed by atoms with van der Waals surface area (Å²) >= 11 is 0. The lowest BCUT2D eigenvalue weighted by Gasteiger charge is -2.28. The molecule has 0 saturated carbocycles. The first-order valence-corrected chi connectivity index (χ1v) is 20.7. The molecule has 46 heavy (non-hydrogen) atoms. The van der Waals surface area contributed by atoms with Crippen molar-refractivity contribution in [3.63, 3.8) is 0 Å². The van der Waals surface area contributed by atoms with Gasteiger partial charge in [0.25, 0.3) is 0 Å². The molecule has 0 N–H and O–H groups in total. The molecule has 1 heterocycles. The highest BCUT2D eigenvalue weighted by Crippen LogP contribution is 2.36. The van der Waals surface area contributed by atoms with Crippen LogP contribution in [0.4, 0.5) is 0 Å². The lowest BCUT2D eigenvalue weighted by atomic mass is 9.98. The van der Waals surface area contributed by atoms with E-state index in [1.165, 1.54) is 167 Å². The van der Waals surface area contributed by atoms with Crippen molar-refractivity contribution in [2.45, 2.75) is 225 Å². The largest absolute Gasteiger partial charge is 0.347 e.